The second-order valence-electron chi connectivity index (χ2n) is 7.81. The van der Waals surface area contributed by atoms with Crippen LogP contribution >= 0.6 is 0 Å². The minimum atomic E-state index is -0.0919. The standard InChI is InChI=1S/C16H24O2/c1-10-3-4-16-7-11(2)13(18-14(16)17)9-15(5-6-15)8-12(10)16/h10-13H,3-9H2,1-2H3/t10-,11-,12+,13+,16+/m1/s1. The summed E-state index contributed by atoms with van der Waals surface area (Å²) in [6.07, 6.45) is 8.87. The molecule has 5 atom stereocenters. The van der Waals surface area contributed by atoms with Crippen LogP contribution in [0.4, 0.5) is 0 Å². The van der Waals surface area contributed by atoms with Crippen molar-refractivity contribution in [3.63, 3.8) is 0 Å². The van der Waals surface area contributed by atoms with Gasteiger partial charge in [0, 0.05) is 0 Å². The molecule has 3 aliphatic carbocycles. The van der Waals surface area contributed by atoms with Crippen molar-refractivity contribution in [1.82, 2.24) is 0 Å². The van der Waals surface area contributed by atoms with E-state index in [1.807, 2.05) is 0 Å². The predicted octanol–water partition coefficient (Wildman–Crippen LogP) is 3.54. The Morgan fingerprint density at radius 3 is 2.56 bits per heavy atom. The molecule has 2 bridgehead atoms. The van der Waals surface area contributed by atoms with Gasteiger partial charge in [-0.1, -0.05) is 13.8 Å². The second kappa shape index (κ2) is 3.32. The summed E-state index contributed by atoms with van der Waals surface area (Å²) in [5, 5.41) is 0. The Morgan fingerprint density at radius 1 is 1.06 bits per heavy atom. The zero-order valence-electron chi connectivity index (χ0n) is 11.6. The first-order valence-electron chi connectivity index (χ1n) is 7.76. The van der Waals surface area contributed by atoms with E-state index in [2.05, 4.69) is 13.8 Å². The average Bonchev–Trinajstić information content (AvgIpc) is 3.01. The fraction of sp³-hybridized carbons (Fsp3) is 0.938. The molecule has 5 rings (SSSR count). The molecule has 2 heteroatoms. The summed E-state index contributed by atoms with van der Waals surface area (Å²) in [5.41, 5.74) is 0.472. The molecule has 2 nitrogen and oxygen atoms in total. The van der Waals surface area contributed by atoms with Crippen LogP contribution in [0.1, 0.15) is 58.8 Å². The lowest BCUT2D eigenvalue weighted by molar-refractivity contribution is -0.188. The Morgan fingerprint density at radius 2 is 1.83 bits per heavy atom. The molecule has 0 aromatic heterocycles. The van der Waals surface area contributed by atoms with Gasteiger partial charge in [-0.2, -0.15) is 0 Å². The van der Waals surface area contributed by atoms with Crippen molar-refractivity contribution in [2.45, 2.75) is 64.9 Å². The van der Waals surface area contributed by atoms with Gasteiger partial charge in [-0.3, -0.25) is 4.79 Å². The van der Waals surface area contributed by atoms with Crippen molar-refractivity contribution >= 4 is 5.97 Å². The quantitative estimate of drug-likeness (QED) is 0.613. The summed E-state index contributed by atoms with van der Waals surface area (Å²) in [6.45, 7) is 4.67. The maximum absolute atomic E-state index is 12.5. The van der Waals surface area contributed by atoms with Crippen molar-refractivity contribution in [2.75, 3.05) is 0 Å². The highest BCUT2D eigenvalue weighted by atomic mass is 16.5. The molecule has 2 spiro atoms. The third kappa shape index (κ3) is 1.32. The highest BCUT2D eigenvalue weighted by Crippen LogP contribution is 2.66. The van der Waals surface area contributed by atoms with Gasteiger partial charge in [0.05, 0.1) is 5.41 Å². The minimum absolute atomic E-state index is 0.0919. The SMILES string of the molecule is C[C@@H]1C[C@@]23CC[C@@H](C)[C@@H]2CC2(CC2)C[C@@H]1OC3=O. The molecule has 0 N–H and O–H groups in total. The van der Waals surface area contributed by atoms with E-state index >= 15 is 0 Å². The first-order valence-corrected chi connectivity index (χ1v) is 7.76. The predicted molar refractivity (Wildman–Crippen MR) is 68.9 cm³/mol. The highest BCUT2D eigenvalue weighted by molar-refractivity contribution is 5.79. The molecule has 3 saturated carbocycles. The number of rotatable bonds is 0. The Balaban J connectivity index is 1.78. The maximum atomic E-state index is 12.5. The molecule has 0 amide bonds. The van der Waals surface area contributed by atoms with Gasteiger partial charge in [0.1, 0.15) is 6.10 Å². The monoisotopic (exact) mass is 248 g/mol. The summed E-state index contributed by atoms with van der Waals surface area (Å²) in [5.74, 6) is 2.07. The molecule has 0 radical (unpaired) electrons. The molecule has 0 unspecified atom stereocenters. The number of hydrogen-bond donors (Lipinski definition) is 0. The van der Waals surface area contributed by atoms with Crippen LogP contribution in [0.2, 0.25) is 0 Å². The van der Waals surface area contributed by atoms with Gasteiger partial charge < -0.3 is 4.74 Å². The van der Waals surface area contributed by atoms with Crippen LogP contribution in [0, 0.1) is 28.6 Å². The number of hydrogen-bond acceptors (Lipinski definition) is 2. The van der Waals surface area contributed by atoms with Crippen molar-refractivity contribution in [3.05, 3.63) is 0 Å². The zero-order valence-corrected chi connectivity index (χ0v) is 11.6. The van der Waals surface area contributed by atoms with Crippen LogP contribution in [0.25, 0.3) is 0 Å². The lowest BCUT2D eigenvalue weighted by atomic mass is 9.61. The Kier molecular flexibility index (Phi) is 2.08. The molecular formula is C16H24O2. The van der Waals surface area contributed by atoms with Crippen molar-refractivity contribution in [1.29, 1.82) is 0 Å². The van der Waals surface area contributed by atoms with Gasteiger partial charge in [-0.25, -0.2) is 0 Å². The fourth-order valence-corrected chi connectivity index (χ4v) is 5.28. The smallest absolute Gasteiger partial charge is 0.312 e. The topological polar surface area (TPSA) is 26.3 Å². The van der Waals surface area contributed by atoms with Crippen LogP contribution in [-0.4, -0.2) is 12.1 Å². The van der Waals surface area contributed by atoms with E-state index in [-0.39, 0.29) is 17.5 Å². The molecule has 2 saturated heterocycles. The lowest BCUT2D eigenvalue weighted by Gasteiger charge is -2.48. The summed E-state index contributed by atoms with van der Waals surface area (Å²) >= 11 is 0. The molecule has 2 heterocycles. The Bertz CT molecular complexity index is 398. The summed E-state index contributed by atoms with van der Waals surface area (Å²) in [7, 11) is 0. The lowest BCUT2D eigenvalue weighted by Crippen LogP contribution is -2.51. The fourth-order valence-electron chi connectivity index (χ4n) is 5.28. The maximum Gasteiger partial charge on any atom is 0.312 e. The third-order valence-electron chi connectivity index (χ3n) is 6.67. The molecule has 2 aliphatic heterocycles. The number of ether oxygens (including phenoxy) is 1. The van der Waals surface area contributed by atoms with E-state index < -0.39 is 0 Å². The molecular weight excluding hydrogens is 224 g/mol. The Hall–Kier alpha value is -0.530. The van der Waals surface area contributed by atoms with Crippen molar-refractivity contribution in [3.8, 4) is 0 Å². The van der Waals surface area contributed by atoms with Gasteiger partial charge in [-0.05, 0) is 68.1 Å². The number of carbonyl (C=O) groups is 1. The molecule has 5 aliphatic rings. The van der Waals surface area contributed by atoms with Crippen LogP contribution in [0.5, 0.6) is 0 Å². The third-order valence-corrected chi connectivity index (χ3v) is 6.67. The minimum Gasteiger partial charge on any atom is -0.462 e. The summed E-state index contributed by atoms with van der Waals surface area (Å²) < 4.78 is 5.89. The van der Waals surface area contributed by atoms with E-state index in [0.29, 0.717) is 17.3 Å². The van der Waals surface area contributed by atoms with E-state index in [0.717, 1.165) is 25.2 Å². The molecule has 5 fully saturated rings. The van der Waals surface area contributed by atoms with Crippen LogP contribution in [0.15, 0.2) is 0 Å². The van der Waals surface area contributed by atoms with Crippen LogP contribution < -0.4 is 0 Å². The van der Waals surface area contributed by atoms with Crippen molar-refractivity contribution < 1.29 is 9.53 Å². The molecule has 0 aromatic rings. The zero-order chi connectivity index (χ0) is 12.5. The second-order valence-corrected chi connectivity index (χ2v) is 7.81. The van der Waals surface area contributed by atoms with Crippen LogP contribution in [0.3, 0.4) is 0 Å². The van der Waals surface area contributed by atoms with E-state index in [4.69, 9.17) is 4.74 Å². The van der Waals surface area contributed by atoms with Crippen LogP contribution in [-0.2, 0) is 9.53 Å². The average molecular weight is 248 g/mol. The Labute approximate surface area is 109 Å². The van der Waals surface area contributed by atoms with Gasteiger partial charge in [0.15, 0.2) is 0 Å². The molecule has 18 heavy (non-hydrogen) atoms. The summed E-state index contributed by atoms with van der Waals surface area (Å²) in [6, 6.07) is 0. The largest absolute Gasteiger partial charge is 0.462 e. The summed E-state index contributed by atoms with van der Waals surface area (Å²) in [4.78, 5) is 12.5. The number of carbonyl (C=O) groups excluding carboxylic acids is 1. The van der Waals surface area contributed by atoms with E-state index in [1.54, 1.807) is 0 Å². The highest BCUT2D eigenvalue weighted by Gasteiger charge is 2.63. The molecule has 0 aromatic carbocycles. The normalized spacial score (nSPS) is 52.7. The van der Waals surface area contributed by atoms with Gasteiger partial charge in [-0.15, -0.1) is 0 Å². The molecule has 100 valence electrons. The van der Waals surface area contributed by atoms with E-state index in [9.17, 15) is 4.79 Å². The first-order chi connectivity index (χ1) is 8.55. The van der Waals surface area contributed by atoms with Gasteiger partial charge in [0.25, 0.3) is 0 Å². The first kappa shape index (κ1) is 11.3. The number of fused-ring (bicyclic) bond motifs is 2. The number of esters is 1. The van der Waals surface area contributed by atoms with E-state index in [1.165, 1.54) is 25.7 Å². The van der Waals surface area contributed by atoms with Gasteiger partial charge in [0.2, 0.25) is 0 Å². The van der Waals surface area contributed by atoms with Gasteiger partial charge >= 0.3 is 5.97 Å². The van der Waals surface area contributed by atoms with Crippen molar-refractivity contribution in [2.24, 2.45) is 28.6 Å².